The van der Waals surface area contributed by atoms with Crippen molar-refractivity contribution in [2.24, 2.45) is 11.5 Å². The Balaban J connectivity index is 0.000000208. The maximum atomic E-state index is 10.4. The molecule has 0 aromatic heterocycles. The third-order valence-corrected chi connectivity index (χ3v) is 4.45. The van der Waals surface area contributed by atoms with Crippen LogP contribution in [0.4, 0.5) is 11.4 Å². The Morgan fingerprint density at radius 2 is 1.19 bits per heavy atom. The number of rotatable bonds is 3. The van der Waals surface area contributed by atoms with Crippen molar-refractivity contribution in [1.29, 1.82) is 0 Å². The summed E-state index contributed by atoms with van der Waals surface area (Å²) in [5.41, 5.74) is 14.3. The second-order valence-electron chi connectivity index (χ2n) is 5.70. The van der Waals surface area contributed by atoms with Crippen LogP contribution in [-0.4, -0.2) is 18.9 Å². The van der Waals surface area contributed by atoms with Gasteiger partial charge in [-0.3, -0.25) is 11.5 Å². The van der Waals surface area contributed by atoms with Crippen LogP contribution in [0.1, 0.15) is 5.56 Å². The molecule has 0 atom stereocenters. The van der Waals surface area contributed by atoms with E-state index in [1.807, 2.05) is 67.6 Å². The van der Waals surface area contributed by atoms with Crippen LogP contribution in [0.25, 0.3) is 0 Å². The van der Waals surface area contributed by atoms with Gasteiger partial charge in [-0.1, -0.05) is 54.1 Å². The fourth-order valence-corrected chi connectivity index (χ4v) is 2.78. The lowest BCUT2D eigenvalue weighted by Gasteiger charge is -2.08. The van der Waals surface area contributed by atoms with Crippen molar-refractivity contribution in [3.05, 3.63) is 90.5 Å². The Kier molecular flexibility index (Phi) is 6.70. The third kappa shape index (κ3) is 5.95. The van der Waals surface area contributed by atoms with Crippen LogP contribution in [0, 0.1) is 6.92 Å². The lowest BCUT2D eigenvalue weighted by atomic mass is 10.2. The lowest BCUT2D eigenvalue weighted by molar-refractivity contribution is 0.463. The molecule has 3 aromatic carbocycles. The van der Waals surface area contributed by atoms with Gasteiger partial charge in [0.25, 0.3) is 0 Å². The molecule has 140 valence electrons. The van der Waals surface area contributed by atoms with Crippen molar-refractivity contribution < 1.29 is 13.0 Å². The summed E-state index contributed by atoms with van der Waals surface area (Å²) in [6.07, 6.45) is 0. The number of para-hydroxylation sites is 2. The predicted octanol–water partition coefficient (Wildman–Crippen LogP) is 2.69. The number of hydrogen-bond acceptors (Lipinski definition) is 3. The standard InChI is InChI=1S/C13H13N3.C7H8O3S/c14-13(15)16(11-7-3-1-4-8-11)12-9-5-2-6-10-12;1-6-2-4-7(5-3-6)11(8,9)10/h1-10H,(H3,14,15);2-5H,1H3,(H,8,9,10). The summed E-state index contributed by atoms with van der Waals surface area (Å²) in [7, 11) is -4.27. The van der Waals surface area contributed by atoms with Crippen LogP contribution in [0.3, 0.4) is 0 Å². The van der Waals surface area contributed by atoms with Gasteiger partial charge in [-0.25, -0.2) is 8.42 Å². The summed E-state index contributed by atoms with van der Waals surface area (Å²) in [4.78, 5) is -0.178. The molecule has 0 aliphatic heterocycles. The molecular weight excluding hydrogens is 362 g/mol. The van der Waals surface area contributed by atoms with Gasteiger partial charge in [-0.2, -0.15) is 4.58 Å². The molecule has 4 N–H and O–H groups in total. The highest BCUT2D eigenvalue weighted by Crippen LogP contribution is 2.18. The summed E-state index contributed by atoms with van der Waals surface area (Å²) in [5, 5.41) is 0. The molecule has 0 spiro atoms. The van der Waals surface area contributed by atoms with Crippen molar-refractivity contribution in [2.75, 3.05) is 0 Å². The summed E-state index contributed by atoms with van der Waals surface area (Å²) in [5.74, 6) is 0.261. The first-order chi connectivity index (χ1) is 12.8. The molecule has 7 heteroatoms. The summed E-state index contributed by atoms with van der Waals surface area (Å²) in [6.45, 7) is 1.82. The largest absolute Gasteiger partial charge is 0.744 e. The van der Waals surface area contributed by atoms with E-state index >= 15 is 0 Å². The van der Waals surface area contributed by atoms with E-state index in [1.165, 1.54) is 12.1 Å². The van der Waals surface area contributed by atoms with Gasteiger partial charge < -0.3 is 4.55 Å². The van der Waals surface area contributed by atoms with Crippen LogP contribution in [0.5, 0.6) is 0 Å². The smallest absolute Gasteiger partial charge is 0.351 e. The Labute approximate surface area is 159 Å². The molecule has 0 aliphatic rings. The second kappa shape index (κ2) is 8.98. The van der Waals surface area contributed by atoms with Gasteiger partial charge in [-0.05, 0) is 43.3 Å². The number of benzene rings is 3. The van der Waals surface area contributed by atoms with Crippen LogP contribution < -0.4 is 16.0 Å². The SMILES string of the molecule is Cc1ccc(S(=O)(=O)[O-])cc1.NC(N)=[N+](c1ccccc1)c1ccccc1. The van der Waals surface area contributed by atoms with Crippen molar-refractivity contribution in [1.82, 2.24) is 4.58 Å². The molecule has 3 aromatic rings. The molecule has 0 saturated carbocycles. The highest BCUT2D eigenvalue weighted by molar-refractivity contribution is 7.85. The molecular formula is C20H21N3O3S. The van der Waals surface area contributed by atoms with Gasteiger partial charge in [0.2, 0.25) is 0 Å². The Morgan fingerprint density at radius 1 is 0.778 bits per heavy atom. The molecule has 27 heavy (non-hydrogen) atoms. The molecule has 0 aliphatic carbocycles. The number of guanidine groups is 1. The molecule has 6 nitrogen and oxygen atoms in total. The van der Waals surface area contributed by atoms with Crippen molar-refractivity contribution in [3.63, 3.8) is 0 Å². The van der Waals surface area contributed by atoms with Gasteiger partial charge in [0, 0.05) is 0 Å². The van der Waals surface area contributed by atoms with Gasteiger partial charge in [0.05, 0.1) is 4.90 Å². The molecule has 0 unspecified atom stereocenters. The molecule has 0 amide bonds. The van der Waals surface area contributed by atoms with Crippen molar-refractivity contribution in [3.8, 4) is 0 Å². The normalized spacial score (nSPS) is 10.4. The van der Waals surface area contributed by atoms with E-state index in [4.69, 9.17) is 11.5 Å². The highest BCUT2D eigenvalue weighted by Gasteiger charge is 2.09. The minimum absolute atomic E-state index is 0.178. The first-order valence-corrected chi connectivity index (χ1v) is 9.50. The van der Waals surface area contributed by atoms with Crippen LogP contribution >= 0.6 is 0 Å². The molecule has 3 rings (SSSR count). The maximum Gasteiger partial charge on any atom is 0.351 e. The van der Waals surface area contributed by atoms with Crippen molar-refractivity contribution in [2.45, 2.75) is 11.8 Å². The van der Waals surface area contributed by atoms with E-state index in [2.05, 4.69) is 0 Å². The minimum atomic E-state index is -4.27. The van der Waals surface area contributed by atoms with Crippen LogP contribution in [0.15, 0.2) is 89.8 Å². The first-order valence-electron chi connectivity index (χ1n) is 8.10. The van der Waals surface area contributed by atoms with E-state index in [1.54, 1.807) is 16.7 Å². The predicted molar refractivity (Wildman–Crippen MR) is 107 cm³/mol. The topological polar surface area (TPSA) is 112 Å². The summed E-state index contributed by atoms with van der Waals surface area (Å²) in [6, 6.07) is 25.4. The van der Waals surface area contributed by atoms with Gasteiger partial charge in [0.1, 0.15) is 21.5 Å². The average molecular weight is 383 g/mol. The van der Waals surface area contributed by atoms with Gasteiger partial charge >= 0.3 is 5.96 Å². The zero-order valence-electron chi connectivity index (χ0n) is 14.8. The van der Waals surface area contributed by atoms with E-state index in [9.17, 15) is 13.0 Å². The molecule has 0 heterocycles. The molecule has 0 radical (unpaired) electrons. The quantitative estimate of drug-likeness (QED) is 0.312. The number of aryl methyl sites for hydroxylation is 1. The zero-order chi connectivity index (χ0) is 19.9. The summed E-state index contributed by atoms with van der Waals surface area (Å²) < 4.78 is 33.0. The number of nitrogens with two attached hydrogens (primary N) is 2. The van der Waals surface area contributed by atoms with E-state index < -0.39 is 10.1 Å². The monoisotopic (exact) mass is 383 g/mol. The molecule has 0 fully saturated rings. The van der Waals surface area contributed by atoms with E-state index in [0.29, 0.717) is 0 Å². The second-order valence-corrected chi connectivity index (χ2v) is 7.08. The minimum Gasteiger partial charge on any atom is -0.744 e. The third-order valence-electron chi connectivity index (χ3n) is 3.60. The lowest BCUT2D eigenvalue weighted by Crippen LogP contribution is -2.33. The van der Waals surface area contributed by atoms with Crippen LogP contribution in [-0.2, 0) is 10.1 Å². The maximum absolute atomic E-state index is 10.4. The number of nitrogens with zero attached hydrogens (tertiary/aromatic N) is 1. The first kappa shape index (κ1) is 20.2. The Morgan fingerprint density at radius 3 is 1.52 bits per heavy atom. The van der Waals surface area contributed by atoms with E-state index in [-0.39, 0.29) is 10.9 Å². The van der Waals surface area contributed by atoms with Gasteiger partial charge in [0.15, 0.2) is 0 Å². The average Bonchev–Trinajstić information content (AvgIpc) is 2.63. The number of hydrogen-bond donors (Lipinski definition) is 2. The Hall–Kier alpha value is -3.16. The van der Waals surface area contributed by atoms with E-state index in [0.717, 1.165) is 16.9 Å². The molecule has 0 saturated heterocycles. The van der Waals surface area contributed by atoms with Gasteiger partial charge in [-0.15, -0.1) is 0 Å². The molecule has 0 bridgehead atoms. The fourth-order valence-electron chi connectivity index (χ4n) is 2.31. The summed E-state index contributed by atoms with van der Waals surface area (Å²) >= 11 is 0. The van der Waals surface area contributed by atoms with Crippen LogP contribution in [0.2, 0.25) is 0 Å². The Bertz CT molecular complexity index is 956. The zero-order valence-corrected chi connectivity index (χ0v) is 15.6. The van der Waals surface area contributed by atoms with Crippen molar-refractivity contribution >= 4 is 27.5 Å². The fraction of sp³-hybridized carbons (Fsp3) is 0.0500. The highest BCUT2D eigenvalue weighted by atomic mass is 32.2.